The predicted molar refractivity (Wildman–Crippen MR) is 80.4 cm³/mol. The van der Waals surface area contributed by atoms with Crippen LogP contribution in [0.2, 0.25) is 0 Å². The van der Waals surface area contributed by atoms with Crippen molar-refractivity contribution >= 4 is 0 Å². The van der Waals surface area contributed by atoms with Gasteiger partial charge in [0.05, 0.1) is 6.08 Å². The van der Waals surface area contributed by atoms with Crippen LogP contribution < -0.4 is 0 Å². The smallest absolute Gasteiger partial charge is 0.212 e. The molecule has 1 fully saturated rings. The van der Waals surface area contributed by atoms with Gasteiger partial charge in [-0.3, -0.25) is 0 Å². The van der Waals surface area contributed by atoms with E-state index in [1.54, 1.807) is 0 Å². The zero-order valence-electron chi connectivity index (χ0n) is 12.8. The molecule has 0 unspecified atom stereocenters. The van der Waals surface area contributed by atoms with Crippen molar-refractivity contribution in [2.24, 2.45) is 5.92 Å². The number of allylic oxidation sites excluding steroid dienone is 2. The highest BCUT2D eigenvalue weighted by atomic mass is 19.4. The molecule has 0 radical (unpaired) electrons. The van der Waals surface area contributed by atoms with Crippen LogP contribution in [0.5, 0.6) is 0 Å². The van der Waals surface area contributed by atoms with Crippen LogP contribution in [0, 0.1) is 5.92 Å². The number of aryl methyl sites for hydroxylation is 1. The Morgan fingerprint density at radius 3 is 2.18 bits per heavy atom. The molecule has 0 atom stereocenters. The zero-order valence-corrected chi connectivity index (χ0v) is 12.8. The summed E-state index contributed by atoms with van der Waals surface area (Å²) >= 11 is 0. The average Bonchev–Trinajstić information content (AvgIpc) is 2.47. The van der Waals surface area contributed by atoms with Crippen molar-refractivity contribution in [2.75, 3.05) is 0 Å². The second kappa shape index (κ2) is 7.30. The van der Waals surface area contributed by atoms with E-state index < -0.39 is 17.9 Å². The van der Waals surface area contributed by atoms with E-state index in [4.69, 9.17) is 0 Å². The van der Waals surface area contributed by atoms with E-state index in [1.165, 1.54) is 11.1 Å². The van der Waals surface area contributed by atoms with E-state index >= 15 is 0 Å². The summed E-state index contributed by atoms with van der Waals surface area (Å²) in [6, 6.07) is 8.46. The van der Waals surface area contributed by atoms with Crippen LogP contribution >= 0.6 is 0 Å². The van der Waals surface area contributed by atoms with E-state index in [-0.39, 0.29) is 6.08 Å². The Labute approximate surface area is 129 Å². The molecule has 22 heavy (non-hydrogen) atoms. The first kappa shape index (κ1) is 17.0. The molecule has 0 aromatic heterocycles. The Morgan fingerprint density at radius 2 is 1.68 bits per heavy atom. The molecule has 0 heterocycles. The summed E-state index contributed by atoms with van der Waals surface area (Å²) in [6.07, 6.45) is -0.114. The lowest BCUT2D eigenvalue weighted by Crippen LogP contribution is -2.15. The number of hydrogen-bond donors (Lipinski definition) is 0. The molecule has 2 rings (SSSR count). The average molecular weight is 314 g/mol. The van der Waals surface area contributed by atoms with Crippen LogP contribution in [0.1, 0.15) is 56.1 Å². The number of benzene rings is 1. The lowest BCUT2D eigenvalue weighted by molar-refractivity contribution is -0.0820. The van der Waals surface area contributed by atoms with Gasteiger partial charge in [0.25, 0.3) is 0 Å². The van der Waals surface area contributed by atoms with Crippen molar-refractivity contribution < 1.29 is 17.6 Å². The number of rotatable bonds is 4. The molecule has 1 aliphatic rings. The normalized spacial score (nSPS) is 23.6. The molecule has 0 amide bonds. The van der Waals surface area contributed by atoms with Crippen LogP contribution in [0.3, 0.4) is 0 Å². The third-order valence-electron chi connectivity index (χ3n) is 4.41. The van der Waals surface area contributed by atoms with Crippen molar-refractivity contribution in [3.05, 3.63) is 47.3 Å². The van der Waals surface area contributed by atoms with Crippen molar-refractivity contribution in [1.29, 1.82) is 0 Å². The maximum atomic E-state index is 13.6. The number of halogens is 4. The van der Waals surface area contributed by atoms with Crippen molar-refractivity contribution in [3.8, 4) is 0 Å². The third-order valence-corrected chi connectivity index (χ3v) is 4.41. The lowest BCUT2D eigenvalue weighted by Gasteiger charge is -2.28. The maximum absolute atomic E-state index is 13.6. The first-order valence-corrected chi connectivity index (χ1v) is 7.93. The van der Waals surface area contributed by atoms with Crippen molar-refractivity contribution in [1.82, 2.24) is 0 Å². The Kier molecular flexibility index (Phi) is 5.65. The Bertz CT molecular complexity index is 491. The van der Waals surface area contributed by atoms with E-state index in [9.17, 15) is 17.6 Å². The fraction of sp³-hybridized carbons (Fsp3) is 0.556. The molecule has 4 heteroatoms. The summed E-state index contributed by atoms with van der Waals surface area (Å²) in [5, 5.41) is 0. The summed E-state index contributed by atoms with van der Waals surface area (Å²) in [5.74, 6) is -1.24. The molecule has 1 aromatic carbocycles. The van der Waals surface area contributed by atoms with Gasteiger partial charge in [-0.25, -0.2) is 4.39 Å². The first-order chi connectivity index (χ1) is 10.4. The van der Waals surface area contributed by atoms with Crippen LogP contribution in [-0.2, 0) is 6.42 Å². The highest BCUT2D eigenvalue weighted by Gasteiger charge is 2.30. The molecule has 1 saturated carbocycles. The predicted octanol–water partition coefficient (Wildman–Crippen LogP) is 6.33. The molecule has 0 nitrogen and oxygen atoms in total. The fourth-order valence-electron chi connectivity index (χ4n) is 3.22. The van der Waals surface area contributed by atoms with Gasteiger partial charge in [0.1, 0.15) is 5.83 Å². The minimum Gasteiger partial charge on any atom is -0.212 e. The second-order valence-corrected chi connectivity index (χ2v) is 6.11. The summed E-state index contributed by atoms with van der Waals surface area (Å²) < 4.78 is 50.2. The fourth-order valence-corrected chi connectivity index (χ4v) is 3.22. The van der Waals surface area contributed by atoms with Crippen LogP contribution in [0.25, 0.3) is 0 Å². The van der Waals surface area contributed by atoms with Gasteiger partial charge in [0, 0.05) is 5.92 Å². The molecule has 1 aliphatic carbocycles. The molecule has 0 aliphatic heterocycles. The van der Waals surface area contributed by atoms with Crippen LogP contribution in [0.15, 0.2) is 36.2 Å². The summed E-state index contributed by atoms with van der Waals surface area (Å²) in [6.45, 7) is 2.14. The van der Waals surface area contributed by atoms with Gasteiger partial charge in [-0.1, -0.05) is 37.6 Å². The topological polar surface area (TPSA) is 0 Å². The SMILES string of the molecule is CCCc1ccc(C2CCC(/C(F)=C/C(F)(F)F)CC2)cc1. The van der Waals surface area contributed by atoms with Crippen LogP contribution in [0.4, 0.5) is 17.6 Å². The van der Waals surface area contributed by atoms with Crippen molar-refractivity contribution in [2.45, 2.75) is 57.5 Å². The minimum absolute atomic E-state index is 0.183. The minimum atomic E-state index is -4.56. The van der Waals surface area contributed by atoms with Gasteiger partial charge in [-0.05, 0) is 49.1 Å². The largest absolute Gasteiger partial charge is 0.412 e. The monoisotopic (exact) mass is 314 g/mol. The molecule has 0 saturated heterocycles. The van der Waals surface area contributed by atoms with E-state index in [0.717, 1.165) is 25.7 Å². The number of hydrogen-bond acceptors (Lipinski definition) is 0. The highest BCUT2D eigenvalue weighted by molar-refractivity contribution is 5.26. The van der Waals surface area contributed by atoms with E-state index in [1.807, 2.05) is 0 Å². The second-order valence-electron chi connectivity index (χ2n) is 6.11. The summed E-state index contributed by atoms with van der Waals surface area (Å²) in [5.41, 5.74) is 2.53. The van der Waals surface area contributed by atoms with Gasteiger partial charge in [-0.15, -0.1) is 0 Å². The maximum Gasteiger partial charge on any atom is 0.412 e. The Balaban J connectivity index is 1.93. The highest BCUT2D eigenvalue weighted by Crippen LogP contribution is 2.40. The third kappa shape index (κ3) is 4.85. The van der Waals surface area contributed by atoms with Gasteiger partial charge < -0.3 is 0 Å². The van der Waals surface area contributed by atoms with Gasteiger partial charge in [0.15, 0.2) is 0 Å². The number of alkyl halides is 3. The molecule has 0 N–H and O–H groups in total. The van der Waals surface area contributed by atoms with Crippen molar-refractivity contribution in [3.63, 3.8) is 0 Å². The standard InChI is InChI=1S/C18H22F4/c1-2-3-13-4-6-14(7-5-13)15-8-10-16(11-9-15)17(19)12-18(20,21)22/h4-7,12,15-16H,2-3,8-11H2,1H3/b17-12-. The van der Waals surface area contributed by atoms with E-state index in [2.05, 4.69) is 31.2 Å². The molecule has 122 valence electrons. The van der Waals surface area contributed by atoms with Gasteiger partial charge in [-0.2, -0.15) is 13.2 Å². The molecule has 0 spiro atoms. The van der Waals surface area contributed by atoms with Gasteiger partial charge in [0.2, 0.25) is 0 Å². The molecule has 1 aromatic rings. The zero-order chi connectivity index (χ0) is 16.2. The summed E-state index contributed by atoms with van der Waals surface area (Å²) in [7, 11) is 0. The Hall–Kier alpha value is -1.32. The van der Waals surface area contributed by atoms with E-state index in [0.29, 0.717) is 18.8 Å². The first-order valence-electron chi connectivity index (χ1n) is 7.93. The van der Waals surface area contributed by atoms with Crippen LogP contribution in [-0.4, -0.2) is 6.18 Å². The molecular weight excluding hydrogens is 292 g/mol. The summed E-state index contributed by atoms with van der Waals surface area (Å²) in [4.78, 5) is 0. The van der Waals surface area contributed by atoms with Gasteiger partial charge >= 0.3 is 6.18 Å². The quantitative estimate of drug-likeness (QED) is 0.570. The lowest BCUT2D eigenvalue weighted by atomic mass is 9.78. The Morgan fingerprint density at radius 1 is 1.09 bits per heavy atom. The molecular formula is C18H22F4. The molecule has 0 bridgehead atoms.